The lowest BCUT2D eigenvalue weighted by atomic mass is 10.2. The highest BCUT2D eigenvalue weighted by Crippen LogP contribution is 2.27. The first-order chi connectivity index (χ1) is 9.60. The standard InChI is InChI=1S/C14H16O6/c1-4-19-14(16)20-13(15)8-6-10-5-7-11(17-2)12(9-10)18-3/h5-9H,4H2,1-3H3/b8-6+. The van der Waals surface area contributed by atoms with Crippen LogP contribution in [0.4, 0.5) is 4.79 Å². The topological polar surface area (TPSA) is 71.1 Å². The molecule has 0 saturated heterocycles. The molecule has 0 fully saturated rings. The molecule has 0 radical (unpaired) electrons. The summed E-state index contributed by atoms with van der Waals surface area (Å²) in [5.41, 5.74) is 0.698. The van der Waals surface area contributed by atoms with Crippen LogP contribution in [0.2, 0.25) is 0 Å². The van der Waals surface area contributed by atoms with Gasteiger partial charge in [-0.2, -0.15) is 0 Å². The Balaban J connectivity index is 2.70. The molecule has 0 aliphatic carbocycles. The number of benzene rings is 1. The second-order valence-electron chi connectivity index (χ2n) is 3.55. The quantitative estimate of drug-likeness (QED) is 0.468. The summed E-state index contributed by atoms with van der Waals surface area (Å²) in [4.78, 5) is 22.2. The molecule has 0 bridgehead atoms. The fourth-order valence-electron chi connectivity index (χ4n) is 1.38. The molecule has 0 aliphatic rings. The summed E-state index contributed by atoms with van der Waals surface area (Å²) in [7, 11) is 3.05. The Bertz CT molecular complexity index is 506. The van der Waals surface area contributed by atoms with Crippen LogP contribution in [-0.2, 0) is 14.3 Å². The number of methoxy groups -OCH3 is 2. The largest absolute Gasteiger partial charge is 0.516 e. The third-order valence-corrected chi connectivity index (χ3v) is 2.27. The van der Waals surface area contributed by atoms with Gasteiger partial charge in [0.25, 0.3) is 0 Å². The van der Waals surface area contributed by atoms with Crippen molar-refractivity contribution in [2.45, 2.75) is 6.92 Å². The summed E-state index contributed by atoms with van der Waals surface area (Å²) in [6.45, 7) is 1.76. The van der Waals surface area contributed by atoms with Crippen molar-refractivity contribution in [3.63, 3.8) is 0 Å². The summed E-state index contributed by atoms with van der Waals surface area (Å²) in [6, 6.07) is 5.12. The summed E-state index contributed by atoms with van der Waals surface area (Å²) < 4.78 is 19.1. The van der Waals surface area contributed by atoms with E-state index in [1.54, 1.807) is 25.1 Å². The van der Waals surface area contributed by atoms with Crippen LogP contribution in [0.1, 0.15) is 12.5 Å². The van der Waals surface area contributed by atoms with Gasteiger partial charge >= 0.3 is 12.1 Å². The molecule has 1 aromatic rings. The summed E-state index contributed by atoms with van der Waals surface area (Å²) in [6.07, 6.45) is 1.59. The molecule has 0 spiro atoms. The summed E-state index contributed by atoms with van der Waals surface area (Å²) >= 11 is 0. The Morgan fingerprint density at radius 2 is 1.85 bits per heavy atom. The third-order valence-electron chi connectivity index (χ3n) is 2.27. The van der Waals surface area contributed by atoms with E-state index in [9.17, 15) is 9.59 Å². The lowest BCUT2D eigenvalue weighted by Crippen LogP contribution is -2.11. The van der Waals surface area contributed by atoms with E-state index in [0.29, 0.717) is 17.1 Å². The number of carbonyl (C=O) groups excluding carboxylic acids is 2. The first kappa shape index (κ1) is 15.6. The van der Waals surface area contributed by atoms with Gasteiger partial charge in [-0.3, -0.25) is 0 Å². The van der Waals surface area contributed by atoms with Crippen molar-refractivity contribution in [1.29, 1.82) is 0 Å². The van der Waals surface area contributed by atoms with Crippen molar-refractivity contribution in [2.24, 2.45) is 0 Å². The van der Waals surface area contributed by atoms with Gasteiger partial charge in [0.2, 0.25) is 0 Å². The predicted molar refractivity (Wildman–Crippen MR) is 71.7 cm³/mol. The Labute approximate surface area is 116 Å². The number of carbonyl (C=O) groups is 2. The summed E-state index contributed by atoms with van der Waals surface area (Å²) in [5.74, 6) is 0.311. The first-order valence-corrected chi connectivity index (χ1v) is 5.89. The summed E-state index contributed by atoms with van der Waals surface area (Å²) in [5, 5.41) is 0. The molecular formula is C14H16O6. The van der Waals surface area contributed by atoms with Gasteiger partial charge in [0.05, 0.1) is 20.8 Å². The van der Waals surface area contributed by atoms with Gasteiger partial charge in [-0.1, -0.05) is 6.07 Å². The van der Waals surface area contributed by atoms with Crippen molar-refractivity contribution in [1.82, 2.24) is 0 Å². The minimum atomic E-state index is -1.02. The number of ether oxygens (including phenoxy) is 4. The highest BCUT2D eigenvalue weighted by Gasteiger charge is 2.08. The molecule has 1 aromatic carbocycles. The molecule has 108 valence electrons. The lowest BCUT2D eigenvalue weighted by molar-refractivity contribution is -0.134. The van der Waals surface area contributed by atoms with Crippen LogP contribution in [0, 0.1) is 0 Å². The van der Waals surface area contributed by atoms with Crippen molar-refractivity contribution in [2.75, 3.05) is 20.8 Å². The molecule has 0 atom stereocenters. The van der Waals surface area contributed by atoms with Crippen LogP contribution in [-0.4, -0.2) is 33.0 Å². The average molecular weight is 280 g/mol. The van der Waals surface area contributed by atoms with E-state index in [-0.39, 0.29) is 6.61 Å². The lowest BCUT2D eigenvalue weighted by Gasteiger charge is -2.07. The van der Waals surface area contributed by atoms with E-state index < -0.39 is 12.1 Å². The van der Waals surface area contributed by atoms with Crippen molar-refractivity contribution >= 4 is 18.2 Å². The second kappa shape index (κ2) is 7.83. The molecule has 20 heavy (non-hydrogen) atoms. The average Bonchev–Trinajstić information content (AvgIpc) is 2.44. The zero-order valence-corrected chi connectivity index (χ0v) is 11.5. The molecule has 0 amide bonds. The van der Waals surface area contributed by atoms with Crippen LogP contribution >= 0.6 is 0 Å². The predicted octanol–water partition coefficient (Wildman–Crippen LogP) is 2.42. The van der Waals surface area contributed by atoms with Crippen LogP contribution in [0.25, 0.3) is 6.08 Å². The molecule has 0 aliphatic heterocycles. The molecular weight excluding hydrogens is 264 g/mol. The van der Waals surface area contributed by atoms with E-state index >= 15 is 0 Å². The van der Waals surface area contributed by atoms with E-state index in [4.69, 9.17) is 9.47 Å². The van der Waals surface area contributed by atoms with Gasteiger partial charge < -0.3 is 18.9 Å². The molecule has 0 aromatic heterocycles. The molecule has 0 heterocycles. The molecule has 0 unspecified atom stereocenters. The molecule has 6 nitrogen and oxygen atoms in total. The minimum absolute atomic E-state index is 0.144. The number of hydrogen-bond donors (Lipinski definition) is 0. The fraction of sp³-hybridized carbons (Fsp3) is 0.286. The van der Waals surface area contributed by atoms with Crippen LogP contribution in [0.15, 0.2) is 24.3 Å². The zero-order valence-electron chi connectivity index (χ0n) is 11.5. The van der Waals surface area contributed by atoms with Crippen LogP contribution < -0.4 is 9.47 Å². The smallest absolute Gasteiger partial charge is 0.493 e. The van der Waals surface area contributed by atoms with Gasteiger partial charge in [0, 0.05) is 6.08 Å². The van der Waals surface area contributed by atoms with Crippen LogP contribution in [0.5, 0.6) is 11.5 Å². The highest BCUT2D eigenvalue weighted by molar-refractivity contribution is 5.93. The Morgan fingerprint density at radius 3 is 2.45 bits per heavy atom. The maximum atomic E-state index is 11.3. The fourth-order valence-corrected chi connectivity index (χ4v) is 1.38. The minimum Gasteiger partial charge on any atom is -0.493 e. The zero-order chi connectivity index (χ0) is 15.0. The maximum absolute atomic E-state index is 11.3. The normalized spacial score (nSPS) is 10.2. The molecule has 1 rings (SSSR count). The maximum Gasteiger partial charge on any atom is 0.516 e. The van der Waals surface area contributed by atoms with Crippen molar-refractivity contribution in [3.05, 3.63) is 29.8 Å². The number of hydrogen-bond acceptors (Lipinski definition) is 6. The Morgan fingerprint density at radius 1 is 1.15 bits per heavy atom. The van der Waals surface area contributed by atoms with E-state index in [1.807, 2.05) is 0 Å². The molecule has 6 heteroatoms. The second-order valence-corrected chi connectivity index (χ2v) is 3.55. The first-order valence-electron chi connectivity index (χ1n) is 5.89. The number of esters is 1. The molecule has 0 saturated carbocycles. The highest BCUT2D eigenvalue weighted by atomic mass is 16.7. The molecule has 0 N–H and O–H groups in total. The van der Waals surface area contributed by atoms with Gasteiger partial charge in [-0.25, -0.2) is 9.59 Å². The number of rotatable bonds is 5. The Kier molecular flexibility index (Phi) is 6.09. The van der Waals surface area contributed by atoms with E-state index in [0.717, 1.165) is 6.08 Å². The van der Waals surface area contributed by atoms with E-state index in [1.165, 1.54) is 20.3 Å². The SMILES string of the molecule is CCOC(=O)OC(=O)/C=C/c1ccc(OC)c(OC)c1. The van der Waals surface area contributed by atoms with Gasteiger partial charge in [-0.15, -0.1) is 0 Å². The van der Waals surface area contributed by atoms with E-state index in [2.05, 4.69) is 9.47 Å². The van der Waals surface area contributed by atoms with Crippen molar-refractivity contribution < 1.29 is 28.5 Å². The van der Waals surface area contributed by atoms with Gasteiger partial charge in [0.1, 0.15) is 0 Å². The van der Waals surface area contributed by atoms with Crippen LogP contribution in [0.3, 0.4) is 0 Å². The third kappa shape index (κ3) is 4.64. The Hall–Kier alpha value is -2.50. The van der Waals surface area contributed by atoms with Gasteiger partial charge in [0.15, 0.2) is 11.5 Å². The monoisotopic (exact) mass is 280 g/mol. The van der Waals surface area contributed by atoms with Crippen molar-refractivity contribution in [3.8, 4) is 11.5 Å². The van der Waals surface area contributed by atoms with Gasteiger partial charge in [-0.05, 0) is 30.7 Å².